The average molecular weight is 358 g/mol. The Bertz CT molecular complexity index is 760. The zero-order valence-corrected chi connectivity index (χ0v) is 16.4. The third kappa shape index (κ3) is 4.47. The SMILES string of the molecule is Cc1ccc(C(=O)Nc2nc(C)c(CN3CCC(C)CC3)s2)cc1C. The predicted octanol–water partition coefficient (Wildman–Crippen LogP) is 4.55. The first-order valence-corrected chi connectivity index (χ1v) is 9.81. The van der Waals surface area contributed by atoms with Gasteiger partial charge in [-0.05, 0) is 75.9 Å². The fourth-order valence-corrected chi connectivity index (χ4v) is 4.10. The maximum atomic E-state index is 12.5. The number of thiazole rings is 1. The van der Waals surface area contributed by atoms with Crippen molar-refractivity contribution in [3.8, 4) is 0 Å². The van der Waals surface area contributed by atoms with Crippen molar-refractivity contribution in [1.82, 2.24) is 9.88 Å². The van der Waals surface area contributed by atoms with Gasteiger partial charge in [-0.1, -0.05) is 13.0 Å². The predicted molar refractivity (Wildman–Crippen MR) is 104 cm³/mol. The number of aromatic nitrogens is 1. The van der Waals surface area contributed by atoms with Gasteiger partial charge < -0.3 is 0 Å². The Morgan fingerprint density at radius 3 is 2.64 bits per heavy atom. The third-order valence-electron chi connectivity index (χ3n) is 5.13. The standard InChI is InChI=1S/C20H27N3OS/c1-13-7-9-23(10-8-13)12-18-16(4)21-20(25-18)22-19(24)17-6-5-14(2)15(3)11-17/h5-6,11,13H,7-10,12H2,1-4H3,(H,21,22,24). The summed E-state index contributed by atoms with van der Waals surface area (Å²) in [6.45, 7) is 11.7. The smallest absolute Gasteiger partial charge is 0.257 e. The number of anilines is 1. The molecular weight excluding hydrogens is 330 g/mol. The number of hydrogen-bond acceptors (Lipinski definition) is 4. The molecule has 1 aromatic heterocycles. The average Bonchev–Trinajstić information content (AvgIpc) is 2.91. The number of rotatable bonds is 4. The summed E-state index contributed by atoms with van der Waals surface area (Å²) in [4.78, 5) is 20.8. The Morgan fingerprint density at radius 2 is 1.96 bits per heavy atom. The molecule has 1 aliphatic rings. The van der Waals surface area contributed by atoms with E-state index in [1.807, 2.05) is 32.0 Å². The molecule has 0 unspecified atom stereocenters. The van der Waals surface area contributed by atoms with E-state index < -0.39 is 0 Å². The lowest BCUT2D eigenvalue weighted by Gasteiger charge is -2.29. The fourth-order valence-electron chi connectivity index (χ4n) is 3.10. The quantitative estimate of drug-likeness (QED) is 0.873. The highest BCUT2D eigenvalue weighted by Gasteiger charge is 2.19. The van der Waals surface area contributed by atoms with Gasteiger partial charge in [-0.15, -0.1) is 11.3 Å². The van der Waals surface area contributed by atoms with E-state index in [0.717, 1.165) is 36.8 Å². The minimum Gasteiger partial charge on any atom is -0.298 e. The van der Waals surface area contributed by atoms with Crippen molar-refractivity contribution in [1.29, 1.82) is 0 Å². The first kappa shape index (κ1) is 18.1. The Kier molecular flexibility index (Phi) is 5.54. The van der Waals surface area contributed by atoms with Gasteiger partial charge in [0.15, 0.2) is 5.13 Å². The van der Waals surface area contributed by atoms with Crippen molar-refractivity contribution in [3.05, 3.63) is 45.5 Å². The van der Waals surface area contributed by atoms with Crippen LogP contribution in [0, 0.1) is 26.7 Å². The molecule has 1 saturated heterocycles. The number of piperidine rings is 1. The highest BCUT2D eigenvalue weighted by molar-refractivity contribution is 7.15. The Morgan fingerprint density at radius 1 is 1.24 bits per heavy atom. The lowest BCUT2D eigenvalue weighted by molar-refractivity contribution is 0.102. The molecule has 0 atom stereocenters. The van der Waals surface area contributed by atoms with Crippen LogP contribution in [0.15, 0.2) is 18.2 Å². The molecule has 2 aromatic rings. The molecule has 1 amide bonds. The molecular formula is C20H27N3OS. The van der Waals surface area contributed by atoms with Gasteiger partial charge in [0, 0.05) is 17.0 Å². The summed E-state index contributed by atoms with van der Waals surface area (Å²) in [6.07, 6.45) is 2.54. The maximum absolute atomic E-state index is 12.5. The molecule has 0 saturated carbocycles. The second kappa shape index (κ2) is 7.67. The summed E-state index contributed by atoms with van der Waals surface area (Å²) >= 11 is 1.60. The van der Waals surface area contributed by atoms with E-state index in [4.69, 9.17) is 0 Å². The minimum atomic E-state index is -0.0878. The molecule has 1 N–H and O–H groups in total. The number of likely N-dealkylation sites (tertiary alicyclic amines) is 1. The summed E-state index contributed by atoms with van der Waals surface area (Å²) in [6, 6.07) is 5.79. The van der Waals surface area contributed by atoms with E-state index in [-0.39, 0.29) is 5.91 Å². The number of aryl methyl sites for hydroxylation is 3. The van der Waals surface area contributed by atoms with Crippen molar-refractivity contribution in [2.75, 3.05) is 18.4 Å². The molecule has 2 heterocycles. The number of carbonyl (C=O) groups excluding carboxylic acids is 1. The first-order chi connectivity index (χ1) is 11.9. The van der Waals surface area contributed by atoms with Crippen LogP contribution in [0.2, 0.25) is 0 Å². The monoisotopic (exact) mass is 357 g/mol. The lowest BCUT2D eigenvalue weighted by Crippen LogP contribution is -2.32. The number of benzene rings is 1. The number of hydrogen-bond donors (Lipinski definition) is 1. The van der Waals surface area contributed by atoms with Crippen LogP contribution in [0.25, 0.3) is 0 Å². The van der Waals surface area contributed by atoms with Crippen LogP contribution in [0.3, 0.4) is 0 Å². The van der Waals surface area contributed by atoms with Gasteiger partial charge in [0.05, 0.1) is 5.69 Å². The molecule has 134 valence electrons. The minimum absolute atomic E-state index is 0.0878. The molecule has 0 spiro atoms. The van der Waals surface area contributed by atoms with Gasteiger partial charge >= 0.3 is 0 Å². The van der Waals surface area contributed by atoms with Crippen LogP contribution in [0.5, 0.6) is 0 Å². The summed E-state index contributed by atoms with van der Waals surface area (Å²) < 4.78 is 0. The van der Waals surface area contributed by atoms with Crippen molar-refractivity contribution < 1.29 is 4.79 Å². The van der Waals surface area contributed by atoms with Gasteiger partial charge in [-0.2, -0.15) is 0 Å². The largest absolute Gasteiger partial charge is 0.298 e. The molecule has 5 heteroatoms. The Hall–Kier alpha value is -1.72. The fraction of sp³-hybridized carbons (Fsp3) is 0.500. The van der Waals surface area contributed by atoms with Crippen molar-refractivity contribution in [3.63, 3.8) is 0 Å². The summed E-state index contributed by atoms with van der Waals surface area (Å²) in [7, 11) is 0. The molecule has 1 fully saturated rings. The lowest BCUT2D eigenvalue weighted by atomic mass is 9.99. The molecule has 4 nitrogen and oxygen atoms in total. The topological polar surface area (TPSA) is 45.2 Å². The molecule has 1 aromatic carbocycles. The zero-order valence-electron chi connectivity index (χ0n) is 15.6. The second-order valence-electron chi connectivity index (χ2n) is 7.24. The summed E-state index contributed by atoms with van der Waals surface area (Å²) in [5, 5.41) is 3.66. The highest BCUT2D eigenvalue weighted by Crippen LogP contribution is 2.26. The van der Waals surface area contributed by atoms with E-state index >= 15 is 0 Å². The highest BCUT2D eigenvalue weighted by atomic mass is 32.1. The van der Waals surface area contributed by atoms with Gasteiger partial charge in [0.1, 0.15) is 0 Å². The molecule has 0 bridgehead atoms. The number of carbonyl (C=O) groups is 1. The van der Waals surface area contributed by atoms with E-state index in [9.17, 15) is 4.79 Å². The van der Waals surface area contributed by atoms with Crippen LogP contribution in [0.1, 0.15) is 51.8 Å². The maximum Gasteiger partial charge on any atom is 0.257 e. The van der Waals surface area contributed by atoms with Crippen molar-refractivity contribution in [2.24, 2.45) is 5.92 Å². The molecule has 0 radical (unpaired) electrons. The second-order valence-corrected chi connectivity index (χ2v) is 8.32. The molecule has 25 heavy (non-hydrogen) atoms. The van der Waals surface area contributed by atoms with E-state index in [2.05, 4.69) is 29.0 Å². The van der Waals surface area contributed by atoms with Crippen LogP contribution < -0.4 is 5.32 Å². The summed E-state index contributed by atoms with van der Waals surface area (Å²) in [5.74, 6) is 0.752. The normalized spacial score (nSPS) is 16.2. The summed E-state index contributed by atoms with van der Waals surface area (Å²) in [5.41, 5.74) is 4.03. The van der Waals surface area contributed by atoms with Crippen LogP contribution in [-0.2, 0) is 6.54 Å². The number of nitrogens with zero attached hydrogens (tertiary/aromatic N) is 2. The van der Waals surface area contributed by atoms with E-state index in [0.29, 0.717) is 10.7 Å². The Balaban J connectivity index is 1.65. The molecule has 1 aliphatic heterocycles. The third-order valence-corrected chi connectivity index (χ3v) is 6.18. The first-order valence-electron chi connectivity index (χ1n) is 8.99. The van der Waals surface area contributed by atoms with Crippen LogP contribution in [0.4, 0.5) is 5.13 Å². The van der Waals surface area contributed by atoms with Gasteiger partial charge in [0.25, 0.3) is 5.91 Å². The number of nitrogens with one attached hydrogen (secondary N) is 1. The zero-order chi connectivity index (χ0) is 18.0. The van der Waals surface area contributed by atoms with Crippen LogP contribution >= 0.6 is 11.3 Å². The van der Waals surface area contributed by atoms with Crippen LogP contribution in [-0.4, -0.2) is 28.9 Å². The van der Waals surface area contributed by atoms with Gasteiger partial charge in [-0.25, -0.2) is 4.98 Å². The van der Waals surface area contributed by atoms with E-state index in [1.54, 1.807) is 11.3 Å². The van der Waals surface area contributed by atoms with Crippen molar-refractivity contribution in [2.45, 2.75) is 47.1 Å². The number of amides is 1. The molecule has 0 aliphatic carbocycles. The molecule has 3 rings (SSSR count). The van der Waals surface area contributed by atoms with Gasteiger partial charge in [0.2, 0.25) is 0 Å². The van der Waals surface area contributed by atoms with E-state index in [1.165, 1.54) is 23.3 Å². The Labute approximate surface area is 154 Å². The van der Waals surface area contributed by atoms with Gasteiger partial charge in [-0.3, -0.25) is 15.0 Å². The van der Waals surface area contributed by atoms with Crippen molar-refractivity contribution >= 4 is 22.4 Å².